The Labute approximate surface area is 113 Å². The number of hydrogen-bond acceptors (Lipinski definition) is 3. The molecular weight excluding hydrogens is 271 g/mol. The Morgan fingerprint density at radius 2 is 1.90 bits per heavy atom. The van der Waals surface area contributed by atoms with Crippen molar-refractivity contribution in [2.24, 2.45) is 0 Å². The molecule has 0 amide bonds. The van der Waals surface area contributed by atoms with Gasteiger partial charge >= 0.3 is 6.36 Å². The van der Waals surface area contributed by atoms with E-state index in [1.165, 1.54) is 24.3 Å². The zero-order valence-electron chi connectivity index (χ0n) is 10.8. The third kappa shape index (κ3) is 3.23. The van der Waals surface area contributed by atoms with E-state index in [1.54, 1.807) is 0 Å². The van der Waals surface area contributed by atoms with Crippen molar-refractivity contribution in [3.63, 3.8) is 0 Å². The fourth-order valence-corrected chi connectivity index (χ4v) is 1.94. The molecule has 2 rings (SSSR count). The van der Waals surface area contributed by atoms with E-state index in [9.17, 15) is 13.2 Å². The highest BCUT2D eigenvalue weighted by Crippen LogP contribution is 2.29. The number of aromatic amines is 1. The second kappa shape index (κ2) is 5.44. The maximum absolute atomic E-state index is 12.1. The van der Waals surface area contributed by atoms with Crippen LogP contribution in [0.5, 0.6) is 5.75 Å². The number of benzene rings is 1. The van der Waals surface area contributed by atoms with Gasteiger partial charge in [-0.3, -0.25) is 5.10 Å². The van der Waals surface area contributed by atoms with E-state index in [1.807, 2.05) is 6.92 Å². The lowest BCUT2D eigenvalue weighted by atomic mass is 10.0. The summed E-state index contributed by atoms with van der Waals surface area (Å²) in [5.74, 6) is 0.156. The van der Waals surface area contributed by atoms with Crippen LogP contribution in [0.3, 0.4) is 0 Å². The topological polar surface area (TPSA) is 63.9 Å². The molecule has 3 N–H and O–H groups in total. The minimum atomic E-state index is -4.69. The Balaban J connectivity index is 2.26. The van der Waals surface area contributed by atoms with Gasteiger partial charge in [-0.25, -0.2) is 0 Å². The van der Waals surface area contributed by atoms with Crippen molar-refractivity contribution in [2.75, 3.05) is 5.73 Å². The fraction of sp³-hybridized carbons (Fsp3) is 0.308. The van der Waals surface area contributed by atoms with Crippen molar-refractivity contribution in [3.05, 3.63) is 29.8 Å². The highest BCUT2D eigenvalue weighted by Gasteiger charge is 2.31. The summed E-state index contributed by atoms with van der Waals surface area (Å²) in [6, 6.07) is 5.59. The largest absolute Gasteiger partial charge is 0.573 e. The zero-order chi connectivity index (χ0) is 14.8. The molecule has 0 unspecified atom stereocenters. The molecule has 0 fully saturated rings. The lowest BCUT2D eigenvalue weighted by Gasteiger charge is -2.09. The van der Waals surface area contributed by atoms with E-state index in [0.717, 1.165) is 24.1 Å². The van der Waals surface area contributed by atoms with Gasteiger partial charge in [0.2, 0.25) is 0 Å². The van der Waals surface area contributed by atoms with Crippen LogP contribution in [0, 0.1) is 0 Å². The first-order valence-electron chi connectivity index (χ1n) is 6.09. The maximum atomic E-state index is 12.1. The number of anilines is 1. The monoisotopic (exact) mass is 285 g/mol. The van der Waals surface area contributed by atoms with Crippen molar-refractivity contribution >= 4 is 5.82 Å². The molecule has 20 heavy (non-hydrogen) atoms. The van der Waals surface area contributed by atoms with Gasteiger partial charge in [0.15, 0.2) is 0 Å². The number of hydrogen-bond donors (Lipinski definition) is 2. The normalized spacial score (nSPS) is 11.6. The summed E-state index contributed by atoms with van der Waals surface area (Å²) in [6.07, 6.45) is -3.04. The lowest BCUT2D eigenvalue weighted by Crippen LogP contribution is -2.16. The first-order chi connectivity index (χ1) is 9.40. The number of nitrogen functional groups attached to an aromatic ring is 1. The molecule has 1 aromatic carbocycles. The highest BCUT2D eigenvalue weighted by atomic mass is 19.4. The molecule has 0 aliphatic heterocycles. The third-order valence-electron chi connectivity index (χ3n) is 2.78. The van der Waals surface area contributed by atoms with Crippen molar-refractivity contribution in [1.29, 1.82) is 0 Å². The Morgan fingerprint density at radius 1 is 1.25 bits per heavy atom. The molecule has 0 aliphatic rings. The Hall–Kier alpha value is -2.18. The zero-order valence-corrected chi connectivity index (χ0v) is 10.8. The SMILES string of the molecule is CCCc1c(N)n[nH]c1-c1ccc(OC(F)(F)F)cc1. The molecule has 1 heterocycles. The number of H-pyrrole nitrogens is 1. The molecule has 0 spiro atoms. The van der Waals surface area contributed by atoms with E-state index in [2.05, 4.69) is 14.9 Å². The predicted molar refractivity (Wildman–Crippen MR) is 69.1 cm³/mol. The van der Waals surface area contributed by atoms with Crippen LogP contribution in [-0.2, 0) is 6.42 Å². The minimum Gasteiger partial charge on any atom is -0.406 e. The number of aromatic nitrogens is 2. The molecule has 108 valence electrons. The van der Waals surface area contributed by atoms with Crippen LogP contribution in [0.2, 0.25) is 0 Å². The van der Waals surface area contributed by atoms with Gasteiger partial charge < -0.3 is 10.5 Å². The van der Waals surface area contributed by atoms with E-state index < -0.39 is 6.36 Å². The first-order valence-corrected chi connectivity index (χ1v) is 6.09. The van der Waals surface area contributed by atoms with Gasteiger partial charge in [-0.05, 0) is 30.7 Å². The average molecular weight is 285 g/mol. The molecule has 7 heteroatoms. The average Bonchev–Trinajstić information content (AvgIpc) is 2.71. The quantitative estimate of drug-likeness (QED) is 0.903. The van der Waals surface area contributed by atoms with Crippen LogP contribution >= 0.6 is 0 Å². The number of ether oxygens (including phenoxy) is 1. The van der Waals surface area contributed by atoms with Crippen molar-refractivity contribution in [3.8, 4) is 17.0 Å². The van der Waals surface area contributed by atoms with E-state index in [-0.39, 0.29) is 5.75 Å². The molecular formula is C13H14F3N3O. The van der Waals surface area contributed by atoms with E-state index in [4.69, 9.17) is 5.73 Å². The van der Waals surface area contributed by atoms with Crippen LogP contribution in [0.1, 0.15) is 18.9 Å². The molecule has 0 aliphatic carbocycles. The summed E-state index contributed by atoms with van der Waals surface area (Å²) >= 11 is 0. The van der Waals surface area contributed by atoms with Gasteiger partial charge in [-0.1, -0.05) is 13.3 Å². The number of nitrogens with zero attached hydrogens (tertiary/aromatic N) is 1. The molecule has 0 radical (unpaired) electrons. The van der Waals surface area contributed by atoms with Crippen molar-refractivity contribution in [2.45, 2.75) is 26.1 Å². The van der Waals surface area contributed by atoms with Gasteiger partial charge in [-0.15, -0.1) is 13.2 Å². The number of nitrogens with one attached hydrogen (secondary N) is 1. The molecule has 0 saturated heterocycles. The first kappa shape index (κ1) is 14.2. The summed E-state index contributed by atoms with van der Waals surface area (Å²) in [6.45, 7) is 2.01. The maximum Gasteiger partial charge on any atom is 0.573 e. The van der Waals surface area contributed by atoms with Crippen LogP contribution in [-0.4, -0.2) is 16.6 Å². The lowest BCUT2D eigenvalue weighted by molar-refractivity contribution is -0.274. The summed E-state index contributed by atoms with van der Waals surface area (Å²) in [7, 11) is 0. The second-order valence-electron chi connectivity index (χ2n) is 4.28. The van der Waals surface area contributed by atoms with Gasteiger partial charge in [0.25, 0.3) is 0 Å². The van der Waals surface area contributed by atoms with Crippen molar-refractivity contribution < 1.29 is 17.9 Å². The number of halogens is 3. The van der Waals surface area contributed by atoms with Gasteiger partial charge in [0, 0.05) is 11.1 Å². The molecule has 0 atom stereocenters. The standard InChI is InChI=1S/C13H14F3N3O/c1-2-3-10-11(18-19-12(10)17)8-4-6-9(7-5-8)20-13(14,15)16/h4-7H,2-3H2,1H3,(H3,17,18,19). The third-order valence-corrected chi connectivity index (χ3v) is 2.78. The highest BCUT2D eigenvalue weighted by molar-refractivity contribution is 5.68. The molecule has 0 bridgehead atoms. The number of rotatable bonds is 4. The van der Waals surface area contributed by atoms with E-state index >= 15 is 0 Å². The second-order valence-corrected chi connectivity index (χ2v) is 4.28. The molecule has 4 nitrogen and oxygen atoms in total. The molecule has 0 saturated carbocycles. The smallest absolute Gasteiger partial charge is 0.406 e. The predicted octanol–water partition coefficient (Wildman–Crippen LogP) is 3.51. The van der Waals surface area contributed by atoms with Crippen molar-refractivity contribution in [1.82, 2.24) is 10.2 Å². The summed E-state index contributed by atoms with van der Waals surface area (Å²) < 4.78 is 40.1. The Kier molecular flexibility index (Phi) is 3.87. The minimum absolute atomic E-state index is 0.259. The van der Waals surface area contributed by atoms with Crippen LogP contribution in [0.15, 0.2) is 24.3 Å². The molecule has 1 aromatic heterocycles. The van der Waals surface area contributed by atoms with Gasteiger partial charge in [0.1, 0.15) is 11.6 Å². The number of nitrogens with two attached hydrogens (primary N) is 1. The summed E-state index contributed by atoms with van der Waals surface area (Å²) in [5, 5.41) is 6.74. The van der Waals surface area contributed by atoms with Gasteiger partial charge in [-0.2, -0.15) is 5.10 Å². The van der Waals surface area contributed by atoms with Crippen LogP contribution in [0.25, 0.3) is 11.3 Å². The van der Waals surface area contributed by atoms with Gasteiger partial charge in [0.05, 0.1) is 5.69 Å². The summed E-state index contributed by atoms with van der Waals surface area (Å²) in [5.41, 5.74) is 8.07. The van der Waals surface area contributed by atoms with Crippen LogP contribution in [0.4, 0.5) is 19.0 Å². The Bertz CT molecular complexity index is 576. The van der Waals surface area contributed by atoms with Crippen LogP contribution < -0.4 is 10.5 Å². The Morgan fingerprint density at radius 3 is 2.45 bits per heavy atom. The van der Waals surface area contributed by atoms with E-state index in [0.29, 0.717) is 11.4 Å². The fourth-order valence-electron chi connectivity index (χ4n) is 1.94. The number of alkyl halides is 3. The molecule has 2 aromatic rings. The summed E-state index contributed by atoms with van der Waals surface area (Å²) in [4.78, 5) is 0.